The summed E-state index contributed by atoms with van der Waals surface area (Å²) in [4.78, 5) is 28.6. The third-order valence-electron chi connectivity index (χ3n) is 3.39. The first-order chi connectivity index (χ1) is 10.4. The maximum atomic E-state index is 12.5. The Morgan fingerprint density at radius 2 is 1.95 bits per heavy atom. The monoisotopic (exact) mass is 363 g/mol. The highest BCUT2D eigenvalue weighted by molar-refractivity contribution is 9.10. The lowest BCUT2D eigenvalue weighted by atomic mass is 10.1. The van der Waals surface area contributed by atoms with E-state index in [4.69, 9.17) is 0 Å². The van der Waals surface area contributed by atoms with E-state index >= 15 is 0 Å². The standard InChI is InChI=1S/C16H18BrN3O2/c1-4-14(20-11(3)9-10(2)18-16(20)22)15(21)19-13-7-5-12(17)6-8-13/h5-9,14H,4H2,1-3H3,(H,19,21). The zero-order valence-corrected chi connectivity index (χ0v) is 14.3. The van der Waals surface area contributed by atoms with Crippen molar-refractivity contribution in [2.45, 2.75) is 33.2 Å². The van der Waals surface area contributed by atoms with Gasteiger partial charge in [0.05, 0.1) is 0 Å². The highest BCUT2D eigenvalue weighted by Gasteiger charge is 2.21. The second kappa shape index (κ2) is 6.87. The number of rotatable bonds is 4. The van der Waals surface area contributed by atoms with Gasteiger partial charge in [-0.2, -0.15) is 4.98 Å². The Morgan fingerprint density at radius 1 is 1.32 bits per heavy atom. The molecule has 116 valence electrons. The normalized spacial score (nSPS) is 12.0. The Balaban J connectivity index is 2.30. The molecule has 0 saturated heterocycles. The summed E-state index contributed by atoms with van der Waals surface area (Å²) in [6.07, 6.45) is 0.508. The van der Waals surface area contributed by atoms with Gasteiger partial charge in [0.1, 0.15) is 6.04 Å². The van der Waals surface area contributed by atoms with Gasteiger partial charge in [0.2, 0.25) is 5.91 Å². The average Bonchev–Trinajstić information content (AvgIpc) is 2.45. The SMILES string of the molecule is CCC(C(=O)Nc1ccc(Br)cc1)n1c(C)cc(C)nc1=O. The topological polar surface area (TPSA) is 64.0 Å². The van der Waals surface area contributed by atoms with Gasteiger partial charge < -0.3 is 5.32 Å². The molecule has 1 unspecified atom stereocenters. The van der Waals surface area contributed by atoms with Crippen molar-refractivity contribution in [2.24, 2.45) is 0 Å². The Bertz CT molecular complexity index is 738. The van der Waals surface area contributed by atoms with Crippen LogP contribution in [0.3, 0.4) is 0 Å². The van der Waals surface area contributed by atoms with E-state index in [1.54, 1.807) is 25.1 Å². The summed E-state index contributed by atoms with van der Waals surface area (Å²) in [5.41, 5.74) is 1.69. The lowest BCUT2D eigenvalue weighted by molar-refractivity contribution is -0.119. The summed E-state index contributed by atoms with van der Waals surface area (Å²) in [6, 6.07) is 8.53. The molecule has 1 heterocycles. The second-order valence-electron chi connectivity index (χ2n) is 5.11. The average molecular weight is 364 g/mol. The van der Waals surface area contributed by atoms with Crippen molar-refractivity contribution in [3.63, 3.8) is 0 Å². The van der Waals surface area contributed by atoms with Gasteiger partial charge in [0, 0.05) is 21.5 Å². The van der Waals surface area contributed by atoms with Crippen LogP contribution in [0.25, 0.3) is 0 Å². The lowest BCUT2D eigenvalue weighted by Crippen LogP contribution is -2.36. The number of carbonyl (C=O) groups excluding carboxylic acids is 1. The first-order valence-corrected chi connectivity index (χ1v) is 7.85. The van der Waals surface area contributed by atoms with Crippen molar-refractivity contribution in [3.05, 3.63) is 56.7 Å². The van der Waals surface area contributed by atoms with Crippen molar-refractivity contribution in [1.82, 2.24) is 9.55 Å². The highest BCUT2D eigenvalue weighted by atomic mass is 79.9. The predicted molar refractivity (Wildman–Crippen MR) is 90.1 cm³/mol. The van der Waals surface area contributed by atoms with Crippen LogP contribution in [0.15, 0.2) is 39.6 Å². The molecule has 0 aliphatic carbocycles. The van der Waals surface area contributed by atoms with Gasteiger partial charge in [-0.15, -0.1) is 0 Å². The molecule has 6 heteroatoms. The molecule has 0 fully saturated rings. The summed E-state index contributed by atoms with van der Waals surface area (Å²) in [5, 5.41) is 2.84. The zero-order valence-electron chi connectivity index (χ0n) is 12.8. The zero-order chi connectivity index (χ0) is 16.3. The van der Waals surface area contributed by atoms with Crippen LogP contribution in [0.5, 0.6) is 0 Å². The molecule has 0 bridgehead atoms. The van der Waals surface area contributed by atoms with Crippen molar-refractivity contribution >= 4 is 27.5 Å². The molecule has 1 atom stereocenters. The number of nitrogens with zero attached hydrogens (tertiary/aromatic N) is 2. The van der Waals surface area contributed by atoms with Crippen molar-refractivity contribution < 1.29 is 4.79 Å². The largest absolute Gasteiger partial charge is 0.348 e. The molecular formula is C16H18BrN3O2. The molecule has 0 spiro atoms. The van der Waals surface area contributed by atoms with Gasteiger partial charge in [-0.05, 0) is 50.6 Å². The molecule has 22 heavy (non-hydrogen) atoms. The van der Waals surface area contributed by atoms with E-state index in [1.165, 1.54) is 4.57 Å². The van der Waals surface area contributed by atoms with Crippen LogP contribution in [0.1, 0.15) is 30.8 Å². The van der Waals surface area contributed by atoms with E-state index in [-0.39, 0.29) is 5.91 Å². The van der Waals surface area contributed by atoms with Crippen LogP contribution in [-0.4, -0.2) is 15.5 Å². The summed E-state index contributed by atoms with van der Waals surface area (Å²) < 4.78 is 2.38. The summed E-state index contributed by atoms with van der Waals surface area (Å²) in [5.74, 6) is -0.222. The van der Waals surface area contributed by atoms with Gasteiger partial charge in [-0.1, -0.05) is 22.9 Å². The van der Waals surface area contributed by atoms with Gasteiger partial charge in [-0.3, -0.25) is 9.36 Å². The van der Waals surface area contributed by atoms with E-state index in [2.05, 4.69) is 26.2 Å². The van der Waals surface area contributed by atoms with Gasteiger partial charge in [-0.25, -0.2) is 4.79 Å². The highest BCUT2D eigenvalue weighted by Crippen LogP contribution is 2.18. The van der Waals surface area contributed by atoms with Crippen LogP contribution in [0, 0.1) is 13.8 Å². The molecule has 0 radical (unpaired) electrons. The smallest absolute Gasteiger partial charge is 0.324 e. The first kappa shape index (κ1) is 16.4. The summed E-state index contributed by atoms with van der Waals surface area (Å²) >= 11 is 3.35. The second-order valence-corrected chi connectivity index (χ2v) is 6.03. The number of benzene rings is 1. The maximum Gasteiger partial charge on any atom is 0.348 e. The molecule has 1 amide bonds. The van der Waals surface area contributed by atoms with E-state index in [0.717, 1.165) is 10.2 Å². The number of aryl methyl sites for hydroxylation is 2. The van der Waals surface area contributed by atoms with E-state index in [9.17, 15) is 9.59 Å². The van der Waals surface area contributed by atoms with Crippen LogP contribution in [-0.2, 0) is 4.79 Å². The third-order valence-corrected chi connectivity index (χ3v) is 3.92. The van der Waals surface area contributed by atoms with Crippen molar-refractivity contribution in [3.8, 4) is 0 Å². The van der Waals surface area contributed by atoms with E-state index in [0.29, 0.717) is 17.8 Å². The first-order valence-electron chi connectivity index (χ1n) is 7.05. The summed E-state index contributed by atoms with van der Waals surface area (Å²) in [6.45, 7) is 5.45. The number of hydrogen-bond donors (Lipinski definition) is 1. The number of aromatic nitrogens is 2. The Hall–Kier alpha value is -1.95. The lowest BCUT2D eigenvalue weighted by Gasteiger charge is -2.20. The Labute approximate surface area is 137 Å². The molecule has 2 aromatic rings. The number of anilines is 1. The molecular weight excluding hydrogens is 346 g/mol. The molecule has 0 saturated carbocycles. The summed E-state index contributed by atoms with van der Waals surface area (Å²) in [7, 11) is 0. The third kappa shape index (κ3) is 3.62. The minimum absolute atomic E-state index is 0.222. The Morgan fingerprint density at radius 3 is 2.50 bits per heavy atom. The molecule has 0 aliphatic heterocycles. The number of carbonyl (C=O) groups is 1. The number of halogens is 1. The Kier molecular flexibility index (Phi) is 5.13. The fourth-order valence-corrected chi connectivity index (χ4v) is 2.65. The predicted octanol–water partition coefficient (Wildman–Crippen LogP) is 3.21. The molecule has 1 N–H and O–H groups in total. The van der Waals surface area contributed by atoms with Crippen LogP contribution in [0.2, 0.25) is 0 Å². The molecule has 0 aliphatic rings. The van der Waals surface area contributed by atoms with Crippen molar-refractivity contribution in [2.75, 3.05) is 5.32 Å². The van der Waals surface area contributed by atoms with E-state index in [1.807, 2.05) is 26.0 Å². The minimum Gasteiger partial charge on any atom is -0.324 e. The minimum atomic E-state index is -0.579. The van der Waals surface area contributed by atoms with Gasteiger partial charge in [0.25, 0.3) is 0 Å². The molecule has 2 rings (SSSR count). The van der Waals surface area contributed by atoms with Crippen LogP contribution < -0.4 is 11.0 Å². The van der Waals surface area contributed by atoms with E-state index < -0.39 is 11.7 Å². The molecule has 1 aromatic heterocycles. The quantitative estimate of drug-likeness (QED) is 0.906. The number of nitrogens with one attached hydrogen (secondary N) is 1. The van der Waals surface area contributed by atoms with Gasteiger partial charge >= 0.3 is 5.69 Å². The number of amides is 1. The fourth-order valence-electron chi connectivity index (χ4n) is 2.38. The van der Waals surface area contributed by atoms with Crippen molar-refractivity contribution in [1.29, 1.82) is 0 Å². The molecule has 1 aromatic carbocycles. The maximum absolute atomic E-state index is 12.5. The van der Waals surface area contributed by atoms with Gasteiger partial charge in [0.15, 0.2) is 0 Å². The molecule has 5 nitrogen and oxygen atoms in total. The van der Waals surface area contributed by atoms with Crippen LogP contribution >= 0.6 is 15.9 Å². The van der Waals surface area contributed by atoms with Crippen LogP contribution in [0.4, 0.5) is 5.69 Å². The number of hydrogen-bond acceptors (Lipinski definition) is 3. The fraction of sp³-hybridized carbons (Fsp3) is 0.312.